The normalized spacial score (nSPS) is 10.9. The third kappa shape index (κ3) is 3.86. The molecule has 0 radical (unpaired) electrons. The molecule has 4 nitrogen and oxygen atoms in total. The van der Waals surface area contributed by atoms with Crippen LogP contribution in [-0.2, 0) is 13.1 Å². The van der Waals surface area contributed by atoms with Gasteiger partial charge in [-0.15, -0.1) is 0 Å². The van der Waals surface area contributed by atoms with E-state index in [9.17, 15) is 14.3 Å². The molecule has 110 valence electrons. The van der Waals surface area contributed by atoms with Crippen LogP contribution in [0.3, 0.4) is 0 Å². The lowest BCUT2D eigenvalue weighted by Crippen LogP contribution is -2.18. The smallest absolute Gasteiger partial charge is 0.163 e. The van der Waals surface area contributed by atoms with E-state index < -0.39 is 5.82 Å². The molecule has 0 bridgehead atoms. The number of pyridine rings is 1. The summed E-state index contributed by atoms with van der Waals surface area (Å²) in [6, 6.07) is 6.10. The van der Waals surface area contributed by atoms with Crippen LogP contribution in [0.25, 0.3) is 0 Å². The van der Waals surface area contributed by atoms with E-state index in [1.807, 2.05) is 24.1 Å². The van der Waals surface area contributed by atoms with Crippen LogP contribution in [0.1, 0.15) is 28.4 Å². The van der Waals surface area contributed by atoms with Crippen LogP contribution in [0.5, 0.6) is 5.75 Å². The van der Waals surface area contributed by atoms with E-state index in [-0.39, 0.29) is 17.1 Å². The third-order valence-corrected chi connectivity index (χ3v) is 3.18. The number of hydrogen-bond donors (Lipinski definition) is 1. The number of phenols is 1. The minimum atomic E-state index is -0.523. The van der Waals surface area contributed by atoms with Crippen molar-refractivity contribution in [1.29, 1.82) is 0 Å². The minimum absolute atomic E-state index is 0.0160. The number of aromatic nitrogens is 1. The number of ketones is 1. The van der Waals surface area contributed by atoms with Gasteiger partial charge in [-0.2, -0.15) is 0 Å². The van der Waals surface area contributed by atoms with Crippen LogP contribution in [-0.4, -0.2) is 27.8 Å². The number of hydrogen-bond acceptors (Lipinski definition) is 4. The van der Waals surface area contributed by atoms with E-state index in [0.717, 1.165) is 11.6 Å². The first kappa shape index (κ1) is 15.1. The van der Waals surface area contributed by atoms with Gasteiger partial charge in [-0.3, -0.25) is 14.7 Å². The molecule has 5 heteroatoms. The summed E-state index contributed by atoms with van der Waals surface area (Å²) in [4.78, 5) is 17.3. The SMILES string of the molecule is CC(=O)c1cc(F)cc(CN(C)Cc2ccncc2)c1O. The first-order valence-corrected chi connectivity index (χ1v) is 6.57. The molecule has 0 atom stereocenters. The van der Waals surface area contributed by atoms with Crippen molar-refractivity contribution in [3.63, 3.8) is 0 Å². The van der Waals surface area contributed by atoms with Crippen molar-refractivity contribution in [2.45, 2.75) is 20.0 Å². The van der Waals surface area contributed by atoms with Gasteiger partial charge in [-0.1, -0.05) is 0 Å². The summed E-state index contributed by atoms with van der Waals surface area (Å²) in [7, 11) is 1.86. The second-order valence-corrected chi connectivity index (χ2v) is 5.05. The highest BCUT2D eigenvalue weighted by Crippen LogP contribution is 2.26. The standard InChI is InChI=1S/C16H17FN2O2/c1-11(20)15-8-14(17)7-13(16(15)21)10-19(2)9-12-3-5-18-6-4-12/h3-8,21H,9-10H2,1-2H3. The number of benzene rings is 1. The highest BCUT2D eigenvalue weighted by atomic mass is 19.1. The number of rotatable bonds is 5. The zero-order valence-corrected chi connectivity index (χ0v) is 12.0. The Morgan fingerprint density at radius 1 is 1.29 bits per heavy atom. The Kier molecular flexibility index (Phi) is 4.65. The van der Waals surface area contributed by atoms with Gasteiger partial charge in [0.2, 0.25) is 0 Å². The summed E-state index contributed by atoms with van der Waals surface area (Å²) in [5.74, 6) is -1.03. The van der Waals surface area contributed by atoms with Crippen molar-refractivity contribution in [3.05, 3.63) is 59.2 Å². The molecule has 2 rings (SSSR count). The van der Waals surface area contributed by atoms with Gasteiger partial charge in [-0.05, 0) is 43.8 Å². The summed E-state index contributed by atoms with van der Waals surface area (Å²) < 4.78 is 13.6. The third-order valence-electron chi connectivity index (χ3n) is 3.18. The van der Waals surface area contributed by atoms with Gasteiger partial charge in [0, 0.05) is 31.0 Å². The van der Waals surface area contributed by atoms with Crippen LogP contribution >= 0.6 is 0 Å². The van der Waals surface area contributed by atoms with Gasteiger partial charge in [-0.25, -0.2) is 4.39 Å². The molecule has 21 heavy (non-hydrogen) atoms. The number of halogens is 1. The van der Waals surface area contributed by atoms with Gasteiger partial charge in [0.15, 0.2) is 5.78 Å². The van der Waals surface area contributed by atoms with Crippen molar-refractivity contribution >= 4 is 5.78 Å². The average molecular weight is 288 g/mol. The van der Waals surface area contributed by atoms with E-state index in [0.29, 0.717) is 18.7 Å². The molecule has 0 aliphatic rings. The van der Waals surface area contributed by atoms with E-state index in [1.165, 1.54) is 13.0 Å². The molecule has 1 aromatic carbocycles. The summed E-state index contributed by atoms with van der Waals surface area (Å²) >= 11 is 0. The molecule has 0 aliphatic heterocycles. The second-order valence-electron chi connectivity index (χ2n) is 5.05. The van der Waals surface area contributed by atoms with Crippen LogP contribution < -0.4 is 0 Å². The van der Waals surface area contributed by atoms with Crippen molar-refractivity contribution in [2.75, 3.05) is 7.05 Å². The van der Waals surface area contributed by atoms with E-state index in [4.69, 9.17) is 0 Å². The molecule has 1 aromatic heterocycles. The van der Waals surface area contributed by atoms with Gasteiger partial charge < -0.3 is 5.11 Å². The topological polar surface area (TPSA) is 53.4 Å². The largest absolute Gasteiger partial charge is 0.507 e. The van der Waals surface area contributed by atoms with E-state index in [1.54, 1.807) is 12.4 Å². The minimum Gasteiger partial charge on any atom is -0.507 e. The molecule has 1 N–H and O–H groups in total. The first-order chi connectivity index (χ1) is 9.97. The van der Waals surface area contributed by atoms with Crippen LogP contribution in [0.15, 0.2) is 36.7 Å². The van der Waals surface area contributed by atoms with E-state index >= 15 is 0 Å². The van der Waals surface area contributed by atoms with Gasteiger partial charge >= 0.3 is 0 Å². The predicted octanol–water partition coefficient (Wildman–Crippen LogP) is 2.76. The van der Waals surface area contributed by atoms with Crippen molar-refractivity contribution in [3.8, 4) is 5.75 Å². The fourth-order valence-corrected chi connectivity index (χ4v) is 2.19. The van der Waals surface area contributed by atoms with Crippen molar-refractivity contribution in [2.24, 2.45) is 0 Å². The fourth-order valence-electron chi connectivity index (χ4n) is 2.19. The van der Waals surface area contributed by atoms with Crippen LogP contribution in [0, 0.1) is 5.82 Å². The molecule has 2 aromatic rings. The maximum atomic E-state index is 13.6. The highest BCUT2D eigenvalue weighted by Gasteiger charge is 2.15. The lowest BCUT2D eigenvalue weighted by atomic mass is 10.0. The Morgan fingerprint density at radius 3 is 2.57 bits per heavy atom. The summed E-state index contributed by atoms with van der Waals surface area (Å²) in [5.41, 5.74) is 1.48. The monoisotopic (exact) mass is 288 g/mol. The molecule has 0 saturated carbocycles. The Bertz CT molecular complexity index is 644. The van der Waals surface area contributed by atoms with Gasteiger partial charge in [0.05, 0.1) is 5.56 Å². The second kappa shape index (κ2) is 6.45. The van der Waals surface area contributed by atoms with Crippen molar-refractivity contribution in [1.82, 2.24) is 9.88 Å². The predicted molar refractivity (Wildman–Crippen MR) is 77.5 cm³/mol. The van der Waals surface area contributed by atoms with Crippen LogP contribution in [0.4, 0.5) is 4.39 Å². The lowest BCUT2D eigenvalue weighted by molar-refractivity contribution is 0.101. The van der Waals surface area contributed by atoms with Crippen LogP contribution in [0.2, 0.25) is 0 Å². The molecule has 0 amide bonds. The van der Waals surface area contributed by atoms with Crippen molar-refractivity contribution < 1.29 is 14.3 Å². The molecule has 0 fully saturated rings. The summed E-state index contributed by atoms with van der Waals surface area (Å²) in [5, 5.41) is 10.1. The first-order valence-electron chi connectivity index (χ1n) is 6.57. The van der Waals surface area contributed by atoms with E-state index in [2.05, 4.69) is 4.98 Å². The summed E-state index contributed by atoms with van der Waals surface area (Å²) in [6.07, 6.45) is 3.41. The Labute approximate surface area is 122 Å². The number of Topliss-reactive ketones (excluding diaryl/α,β-unsaturated/α-hetero) is 1. The molecule has 1 heterocycles. The number of nitrogens with zero attached hydrogens (tertiary/aromatic N) is 2. The number of phenolic OH excluding ortho intramolecular Hbond substituents is 1. The zero-order valence-electron chi connectivity index (χ0n) is 12.0. The Balaban J connectivity index is 2.17. The maximum absolute atomic E-state index is 13.6. The number of carbonyl (C=O) groups is 1. The summed E-state index contributed by atoms with van der Waals surface area (Å²) in [6.45, 7) is 2.28. The average Bonchev–Trinajstić information content (AvgIpc) is 2.43. The number of carbonyl (C=O) groups excluding carboxylic acids is 1. The molecule has 0 unspecified atom stereocenters. The molecule has 0 spiro atoms. The Hall–Kier alpha value is -2.27. The lowest BCUT2D eigenvalue weighted by Gasteiger charge is -2.18. The fraction of sp³-hybridized carbons (Fsp3) is 0.250. The molecule has 0 aliphatic carbocycles. The quantitative estimate of drug-likeness (QED) is 0.860. The van der Waals surface area contributed by atoms with Gasteiger partial charge in [0.1, 0.15) is 11.6 Å². The zero-order chi connectivity index (χ0) is 15.4. The maximum Gasteiger partial charge on any atom is 0.163 e. The number of aromatic hydroxyl groups is 1. The Morgan fingerprint density at radius 2 is 1.95 bits per heavy atom. The molecule has 0 saturated heterocycles. The molecular formula is C16H17FN2O2. The van der Waals surface area contributed by atoms with Gasteiger partial charge in [0.25, 0.3) is 0 Å². The molecular weight excluding hydrogens is 271 g/mol. The highest BCUT2D eigenvalue weighted by molar-refractivity contribution is 5.97.